The summed E-state index contributed by atoms with van der Waals surface area (Å²) in [6.45, 7) is 0.665. The molecule has 0 bridgehead atoms. The minimum atomic E-state index is -0.581. The Hall–Kier alpha value is -2.04. The summed E-state index contributed by atoms with van der Waals surface area (Å²) >= 11 is 0. The normalized spacial score (nSPS) is 9.65. The third kappa shape index (κ3) is 6.19. The third-order valence-electron chi connectivity index (χ3n) is 2.10. The lowest BCUT2D eigenvalue weighted by atomic mass is 10.2. The number of primary amides is 1. The van der Waals surface area contributed by atoms with Crippen molar-refractivity contribution in [3.05, 3.63) is 35.9 Å². The Morgan fingerprint density at radius 1 is 1.24 bits per heavy atom. The maximum Gasteiger partial charge on any atom is 0.312 e. The molecule has 3 N–H and O–H groups in total. The molecular formula is C12H16N2O3. The molecule has 0 fully saturated rings. The first-order valence-corrected chi connectivity index (χ1v) is 5.41. The van der Waals surface area contributed by atoms with Gasteiger partial charge in [-0.3, -0.25) is 4.79 Å². The lowest BCUT2D eigenvalue weighted by molar-refractivity contribution is -0.145. The van der Waals surface area contributed by atoms with Gasteiger partial charge in [-0.2, -0.15) is 0 Å². The Morgan fingerprint density at radius 2 is 1.94 bits per heavy atom. The van der Waals surface area contributed by atoms with Crippen molar-refractivity contribution in [2.75, 3.05) is 6.54 Å². The van der Waals surface area contributed by atoms with Gasteiger partial charge in [0.05, 0.1) is 0 Å². The molecule has 0 atom stereocenters. The number of urea groups is 1. The number of amides is 2. The van der Waals surface area contributed by atoms with E-state index in [-0.39, 0.29) is 19.0 Å². The smallest absolute Gasteiger partial charge is 0.312 e. The van der Waals surface area contributed by atoms with Crippen LogP contribution in [0.25, 0.3) is 0 Å². The van der Waals surface area contributed by atoms with Gasteiger partial charge in [-0.15, -0.1) is 0 Å². The fourth-order valence-electron chi connectivity index (χ4n) is 1.25. The second kappa shape index (κ2) is 7.27. The number of hydrogen-bond acceptors (Lipinski definition) is 3. The van der Waals surface area contributed by atoms with Crippen LogP contribution in [-0.2, 0) is 16.1 Å². The summed E-state index contributed by atoms with van der Waals surface area (Å²) in [6, 6.07) is 8.88. The minimum Gasteiger partial charge on any atom is -0.461 e. The van der Waals surface area contributed by atoms with Gasteiger partial charge < -0.3 is 15.8 Å². The Morgan fingerprint density at radius 3 is 2.59 bits per heavy atom. The second-order valence-corrected chi connectivity index (χ2v) is 3.54. The number of nitrogens with one attached hydrogen (secondary N) is 1. The first-order chi connectivity index (χ1) is 8.18. The molecule has 5 heteroatoms. The molecule has 92 valence electrons. The van der Waals surface area contributed by atoms with E-state index in [0.717, 1.165) is 5.56 Å². The predicted molar refractivity (Wildman–Crippen MR) is 63.1 cm³/mol. The van der Waals surface area contributed by atoms with Crippen LogP contribution in [0.5, 0.6) is 0 Å². The van der Waals surface area contributed by atoms with Crippen LogP contribution in [0.4, 0.5) is 4.79 Å². The summed E-state index contributed by atoms with van der Waals surface area (Å²) in [6.07, 6.45) is 0.795. The number of rotatable bonds is 6. The molecular weight excluding hydrogens is 220 g/mol. The van der Waals surface area contributed by atoms with Crippen molar-refractivity contribution in [1.29, 1.82) is 0 Å². The average molecular weight is 236 g/mol. The van der Waals surface area contributed by atoms with Crippen LogP contribution in [0.3, 0.4) is 0 Å². The van der Waals surface area contributed by atoms with Crippen molar-refractivity contribution in [2.24, 2.45) is 5.73 Å². The van der Waals surface area contributed by atoms with Gasteiger partial charge in [-0.05, 0) is 12.0 Å². The molecule has 1 aromatic rings. The molecule has 0 aliphatic carbocycles. The van der Waals surface area contributed by atoms with Crippen molar-refractivity contribution in [3.8, 4) is 0 Å². The average Bonchev–Trinajstić information content (AvgIpc) is 2.33. The van der Waals surface area contributed by atoms with Gasteiger partial charge in [0.2, 0.25) is 0 Å². The van der Waals surface area contributed by atoms with Crippen molar-refractivity contribution in [3.63, 3.8) is 0 Å². The lowest BCUT2D eigenvalue weighted by Gasteiger charge is -2.05. The number of hydrogen-bond donors (Lipinski definition) is 2. The maximum absolute atomic E-state index is 11.3. The molecule has 0 unspecified atom stereocenters. The molecule has 17 heavy (non-hydrogen) atoms. The first kappa shape index (κ1) is 13.0. The molecule has 0 saturated carbocycles. The summed E-state index contributed by atoms with van der Waals surface area (Å²) in [5.74, 6) is -0.278. The standard InChI is InChI=1S/C12H16N2O3/c13-12(16)14-8-4-7-11(15)17-9-10-5-2-1-3-6-10/h1-3,5-6H,4,7-9H2,(H3,13,14,16). The van der Waals surface area contributed by atoms with Crippen molar-refractivity contribution >= 4 is 12.0 Å². The number of nitrogens with two attached hydrogens (primary N) is 1. The molecule has 0 aliphatic rings. The third-order valence-corrected chi connectivity index (χ3v) is 2.10. The highest BCUT2D eigenvalue weighted by Crippen LogP contribution is 2.02. The predicted octanol–water partition coefficient (Wildman–Crippen LogP) is 1.18. The molecule has 0 heterocycles. The number of ether oxygens (including phenoxy) is 1. The van der Waals surface area contributed by atoms with E-state index in [9.17, 15) is 9.59 Å². The van der Waals surface area contributed by atoms with Crippen LogP contribution in [0.15, 0.2) is 30.3 Å². The van der Waals surface area contributed by atoms with Gasteiger partial charge >= 0.3 is 12.0 Å². The van der Waals surface area contributed by atoms with Crippen LogP contribution in [-0.4, -0.2) is 18.5 Å². The Bertz CT molecular complexity index is 365. The molecule has 5 nitrogen and oxygen atoms in total. The SMILES string of the molecule is NC(=O)NCCCC(=O)OCc1ccccc1. The van der Waals surface area contributed by atoms with E-state index in [1.807, 2.05) is 30.3 Å². The molecule has 0 aliphatic heterocycles. The monoisotopic (exact) mass is 236 g/mol. The Balaban J connectivity index is 2.11. The summed E-state index contributed by atoms with van der Waals surface area (Å²) in [5.41, 5.74) is 5.83. The molecule has 1 aromatic carbocycles. The van der Waals surface area contributed by atoms with Crippen LogP contribution >= 0.6 is 0 Å². The lowest BCUT2D eigenvalue weighted by Crippen LogP contribution is -2.30. The fourth-order valence-corrected chi connectivity index (χ4v) is 1.25. The van der Waals surface area contributed by atoms with Gasteiger partial charge in [-0.25, -0.2) is 4.79 Å². The Labute approximate surface area is 99.9 Å². The zero-order valence-corrected chi connectivity index (χ0v) is 9.52. The number of carbonyl (C=O) groups is 2. The van der Waals surface area contributed by atoms with Crippen LogP contribution in [0.2, 0.25) is 0 Å². The van der Waals surface area contributed by atoms with Crippen molar-refractivity contribution < 1.29 is 14.3 Å². The number of esters is 1. The highest BCUT2D eigenvalue weighted by atomic mass is 16.5. The Kier molecular flexibility index (Phi) is 5.57. The fraction of sp³-hybridized carbons (Fsp3) is 0.333. The highest BCUT2D eigenvalue weighted by molar-refractivity contribution is 5.72. The summed E-state index contributed by atoms with van der Waals surface area (Å²) in [5, 5.41) is 2.41. The van der Waals surface area contributed by atoms with E-state index in [1.54, 1.807) is 0 Å². The topological polar surface area (TPSA) is 81.4 Å². The molecule has 0 saturated heterocycles. The summed E-state index contributed by atoms with van der Waals surface area (Å²) < 4.78 is 5.05. The van der Waals surface area contributed by atoms with Gasteiger partial charge in [0, 0.05) is 13.0 Å². The minimum absolute atomic E-state index is 0.271. The van der Waals surface area contributed by atoms with Crippen LogP contribution in [0, 0.1) is 0 Å². The molecule has 0 aromatic heterocycles. The molecule has 0 spiro atoms. The van der Waals surface area contributed by atoms with Crippen LogP contribution < -0.4 is 11.1 Å². The van der Waals surface area contributed by atoms with Crippen molar-refractivity contribution in [2.45, 2.75) is 19.4 Å². The molecule has 1 rings (SSSR count). The van der Waals surface area contributed by atoms with Crippen LogP contribution in [0.1, 0.15) is 18.4 Å². The maximum atomic E-state index is 11.3. The first-order valence-electron chi connectivity index (χ1n) is 5.41. The zero-order chi connectivity index (χ0) is 12.5. The number of benzene rings is 1. The number of carbonyl (C=O) groups excluding carboxylic acids is 2. The largest absolute Gasteiger partial charge is 0.461 e. The molecule has 2 amide bonds. The summed E-state index contributed by atoms with van der Waals surface area (Å²) in [4.78, 5) is 21.6. The van der Waals surface area contributed by atoms with Gasteiger partial charge in [0.1, 0.15) is 6.61 Å². The van der Waals surface area contributed by atoms with Gasteiger partial charge in [0.15, 0.2) is 0 Å². The van der Waals surface area contributed by atoms with E-state index >= 15 is 0 Å². The summed E-state index contributed by atoms with van der Waals surface area (Å²) in [7, 11) is 0. The van der Waals surface area contributed by atoms with E-state index < -0.39 is 6.03 Å². The van der Waals surface area contributed by atoms with Crippen molar-refractivity contribution in [1.82, 2.24) is 5.32 Å². The zero-order valence-electron chi connectivity index (χ0n) is 9.52. The van der Waals surface area contributed by atoms with Gasteiger partial charge in [0.25, 0.3) is 0 Å². The quantitative estimate of drug-likeness (QED) is 0.574. The second-order valence-electron chi connectivity index (χ2n) is 3.54. The highest BCUT2D eigenvalue weighted by Gasteiger charge is 2.03. The van der Waals surface area contributed by atoms with E-state index in [1.165, 1.54) is 0 Å². The van der Waals surface area contributed by atoms with E-state index in [4.69, 9.17) is 10.5 Å². The molecule has 0 radical (unpaired) electrons. The van der Waals surface area contributed by atoms with Gasteiger partial charge in [-0.1, -0.05) is 30.3 Å². The van der Waals surface area contributed by atoms with E-state index in [0.29, 0.717) is 13.0 Å². The van der Waals surface area contributed by atoms with E-state index in [2.05, 4.69) is 5.32 Å².